The van der Waals surface area contributed by atoms with Crippen molar-refractivity contribution in [3.8, 4) is 0 Å². The van der Waals surface area contributed by atoms with Crippen LogP contribution in [0.3, 0.4) is 0 Å². The van der Waals surface area contributed by atoms with Gasteiger partial charge in [-0.2, -0.15) is 4.31 Å². The van der Waals surface area contributed by atoms with Gasteiger partial charge in [0.05, 0.1) is 19.6 Å². The van der Waals surface area contributed by atoms with Gasteiger partial charge in [0.1, 0.15) is 0 Å². The summed E-state index contributed by atoms with van der Waals surface area (Å²) in [6.07, 6.45) is 0.979. The van der Waals surface area contributed by atoms with E-state index in [4.69, 9.17) is 4.74 Å². The summed E-state index contributed by atoms with van der Waals surface area (Å²) in [4.78, 5) is 12.6. The van der Waals surface area contributed by atoms with E-state index in [1.54, 1.807) is 16.4 Å². The van der Waals surface area contributed by atoms with Gasteiger partial charge >= 0.3 is 5.97 Å². The van der Waals surface area contributed by atoms with Crippen molar-refractivity contribution in [2.45, 2.75) is 70.5 Å². The Hall–Kier alpha value is -1.44. The van der Waals surface area contributed by atoms with Crippen molar-refractivity contribution in [2.24, 2.45) is 11.8 Å². The zero-order valence-corrected chi connectivity index (χ0v) is 21.6. The molecular formula is C24H39NO4SSi. The third-order valence-corrected chi connectivity index (χ3v) is 14.9. The van der Waals surface area contributed by atoms with Crippen molar-refractivity contribution in [3.63, 3.8) is 0 Å². The van der Waals surface area contributed by atoms with E-state index in [0.717, 1.165) is 23.7 Å². The fourth-order valence-corrected chi connectivity index (χ4v) is 10.4. The summed E-state index contributed by atoms with van der Waals surface area (Å²) < 4.78 is 33.6. The lowest BCUT2D eigenvalue weighted by Gasteiger charge is -2.44. The Morgan fingerprint density at radius 3 is 2.23 bits per heavy atom. The first-order valence-electron chi connectivity index (χ1n) is 11.6. The van der Waals surface area contributed by atoms with Crippen molar-refractivity contribution in [1.82, 2.24) is 4.31 Å². The van der Waals surface area contributed by atoms with Gasteiger partial charge in [0.15, 0.2) is 0 Å². The minimum Gasteiger partial charge on any atom is -0.466 e. The van der Waals surface area contributed by atoms with E-state index >= 15 is 0 Å². The first-order valence-corrected chi connectivity index (χ1v) is 15.6. The molecule has 1 aliphatic heterocycles. The van der Waals surface area contributed by atoms with Gasteiger partial charge in [-0.3, -0.25) is 4.79 Å². The van der Waals surface area contributed by atoms with Crippen molar-refractivity contribution in [1.29, 1.82) is 0 Å². The van der Waals surface area contributed by atoms with Crippen molar-refractivity contribution < 1.29 is 17.9 Å². The van der Waals surface area contributed by atoms with E-state index in [0.29, 0.717) is 37.4 Å². The molecule has 1 heterocycles. The lowest BCUT2D eigenvalue weighted by molar-refractivity contribution is -0.144. The highest BCUT2D eigenvalue weighted by Gasteiger charge is 2.43. The van der Waals surface area contributed by atoms with Gasteiger partial charge in [0.2, 0.25) is 10.0 Å². The topological polar surface area (TPSA) is 63.7 Å². The van der Waals surface area contributed by atoms with Crippen molar-refractivity contribution >= 4 is 24.1 Å². The molecular weight excluding hydrogens is 426 g/mol. The Balaban J connectivity index is 2.37. The fraction of sp³-hybridized carbons (Fsp3) is 0.625. The largest absolute Gasteiger partial charge is 0.466 e. The maximum atomic E-state index is 13.4. The van der Waals surface area contributed by atoms with Gasteiger partial charge < -0.3 is 4.74 Å². The highest BCUT2D eigenvalue weighted by atomic mass is 32.2. The third-order valence-electron chi connectivity index (χ3n) is 7.27. The van der Waals surface area contributed by atoms with Gasteiger partial charge in [0.25, 0.3) is 0 Å². The van der Waals surface area contributed by atoms with Crippen LogP contribution in [0.4, 0.5) is 0 Å². The SMILES string of the molecule is C=C([C@H]1CN(S(=O)(=O)c2ccc(C)cc2)CC[C@@H]1CC(=O)OCC)[Si](CC)(CC)CC. The average Bonchev–Trinajstić information content (AvgIpc) is 2.76. The summed E-state index contributed by atoms with van der Waals surface area (Å²) >= 11 is 0. The lowest BCUT2D eigenvalue weighted by atomic mass is 9.84. The Bertz CT molecular complexity index is 854. The summed E-state index contributed by atoms with van der Waals surface area (Å²) in [5.41, 5.74) is 1.03. The Kier molecular flexibility index (Phi) is 9.10. The molecule has 1 aromatic carbocycles. The van der Waals surface area contributed by atoms with Crippen LogP contribution in [0.5, 0.6) is 0 Å². The van der Waals surface area contributed by atoms with E-state index in [1.807, 2.05) is 26.0 Å². The molecule has 0 radical (unpaired) electrons. The molecule has 2 atom stereocenters. The molecule has 0 aromatic heterocycles. The predicted octanol–water partition coefficient (Wildman–Crippen LogP) is 5.18. The molecule has 0 saturated carbocycles. The summed E-state index contributed by atoms with van der Waals surface area (Å²) in [5, 5.41) is 1.22. The Morgan fingerprint density at radius 1 is 1.13 bits per heavy atom. The fourth-order valence-electron chi connectivity index (χ4n) is 4.95. The number of piperidine rings is 1. The predicted molar refractivity (Wildman–Crippen MR) is 129 cm³/mol. The maximum absolute atomic E-state index is 13.4. The van der Waals surface area contributed by atoms with Crippen molar-refractivity contribution in [2.75, 3.05) is 19.7 Å². The molecule has 31 heavy (non-hydrogen) atoms. The molecule has 0 spiro atoms. The Labute approximate surface area is 189 Å². The monoisotopic (exact) mass is 465 g/mol. The number of hydrogen-bond donors (Lipinski definition) is 0. The second-order valence-corrected chi connectivity index (χ2v) is 16.0. The second-order valence-electron chi connectivity index (χ2n) is 8.71. The van der Waals surface area contributed by atoms with E-state index in [2.05, 4.69) is 27.4 Å². The zero-order chi connectivity index (χ0) is 23.2. The van der Waals surface area contributed by atoms with Gasteiger partial charge in [-0.25, -0.2) is 8.42 Å². The molecule has 1 aliphatic rings. The lowest BCUT2D eigenvalue weighted by Crippen LogP contribution is -2.49. The van der Waals surface area contributed by atoms with Crippen LogP contribution in [0.1, 0.15) is 46.1 Å². The molecule has 0 N–H and O–H groups in total. The smallest absolute Gasteiger partial charge is 0.306 e. The third kappa shape index (κ3) is 5.68. The minimum absolute atomic E-state index is 0.00936. The van der Waals surface area contributed by atoms with Gasteiger partial charge in [-0.15, -0.1) is 6.58 Å². The molecule has 0 amide bonds. The minimum atomic E-state index is -3.58. The molecule has 5 nitrogen and oxygen atoms in total. The molecule has 174 valence electrons. The first-order chi connectivity index (χ1) is 14.6. The standard InChI is InChI=1S/C24H39NO4SSi/c1-7-29-24(26)17-21-15-16-25(30(27,28)22-13-11-19(5)12-14-22)18-23(21)20(6)31(8-2,9-3)10-4/h11-14,21,23H,6-10,15-18H2,1-5H3/t21-,23-/m1/s1. The Morgan fingerprint density at radius 2 is 1.71 bits per heavy atom. The van der Waals surface area contributed by atoms with Crippen molar-refractivity contribution in [3.05, 3.63) is 41.6 Å². The molecule has 1 fully saturated rings. The highest BCUT2D eigenvalue weighted by molar-refractivity contribution is 7.89. The summed E-state index contributed by atoms with van der Waals surface area (Å²) in [7, 11) is -5.34. The number of nitrogens with zero attached hydrogens (tertiary/aromatic N) is 1. The number of esters is 1. The van der Waals surface area contributed by atoms with Gasteiger partial charge in [0, 0.05) is 19.5 Å². The number of sulfonamides is 1. The average molecular weight is 466 g/mol. The molecule has 1 aromatic rings. The zero-order valence-electron chi connectivity index (χ0n) is 19.8. The van der Waals surface area contributed by atoms with Gasteiger partial charge in [-0.05, 0) is 44.2 Å². The van der Waals surface area contributed by atoms with Crippen LogP contribution in [0, 0.1) is 18.8 Å². The van der Waals surface area contributed by atoms with E-state index in [-0.39, 0.29) is 17.8 Å². The number of aryl methyl sites for hydroxylation is 1. The molecule has 0 aliphatic carbocycles. The normalized spacial score (nSPS) is 20.4. The maximum Gasteiger partial charge on any atom is 0.306 e. The van der Waals surface area contributed by atoms with E-state index in [1.165, 1.54) is 5.20 Å². The van der Waals surface area contributed by atoms with E-state index in [9.17, 15) is 13.2 Å². The van der Waals surface area contributed by atoms with Crippen LogP contribution in [-0.2, 0) is 19.6 Å². The number of benzene rings is 1. The highest BCUT2D eigenvalue weighted by Crippen LogP contribution is 2.41. The number of rotatable bonds is 10. The van der Waals surface area contributed by atoms with E-state index < -0.39 is 18.1 Å². The second kappa shape index (κ2) is 10.9. The summed E-state index contributed by atoms with van der Waals surface area (Å²) in [6, 6.07) is 10.3. The number of carbonyl (C=O) groups is 1. The van der Waals surface area contributed by atoms with Crippen LogP contribution in [0.25, 0.3) is 0 Å². The van der Waals surface area contributed by atoms with Crippen LogP contribution < -0.4 is 0 Å². The van der Waals surface area contributed by atoms with Crippen LogP contribution in [-0.4, -0.2) is 46.5 Å². The number of hydrogen-bond acceptors (Lipinski definition) is 4. The first kappa shape index (κ1) is 25.8. The quantitative estimate of drug-likeness (QED) is 0.353. The number of ether oxygens (including phenoxy) is 1. The molecule has 0 unspecified atom stereocenters. The van der Waals surface area contributed by atoms with Gasteiger partial charge in [-0.1, -0.05) is 61.8 Å². The number of carbonyl (C=O) groups excluding carboxylic acids is 1. The summed E-state index contributed by atoms with van der Waals surface area (Å²) in [5.74, 6) is -0.130. The molecule has 1 saturated heterocycles. The molecule has 7 heteroatoms. The van der Waals surface area contributed by atoms with Crippen LogP contribution in [0.15, 0.2) is 40.9 Å². The summed E-state index contributed by atoms with van der Waals surface area (Å²) in [6.45, 7) is 16.2. The molecule has 2 rings (SSSR count). The molecule has 0 bridgehead atoms. The van der Waals surface area contributed by atoms with Crippen LogP contribution >= 0.6 is 0 Å². The van der Waals surface area contributed by atoms with Crippen LogP contribution in [0.2, 0.25) is 18.1 Å².